The number of halogens is 3. The summed E-state index contributed by atoms with van der Waals surface area (Å²) in [6, 6.07) is 6.96. The first-order valence-corrected chi connectivity index (χ1v) is 6.43. The van der Waals surface area contributed by atoms with Crippen molar-refractivity contribution in [2.75, 3.05) is 0 Å². The van der Waals surface area contributed by atoms with E-state index in [1.165, 1.54) is 23.9 Å². The summed E-state index contributed by atoms with van der Waals surface area (Å²) in [5.74, 6) is 0. The zero-order valence-electron chi connectivity index (χ0n) is 10.7. The van der Waals surface area contributed by atoms with Crippen LogP contribution in [0.5, 0.6) is 0 Å². The molecule has 0 aliphatic heterocycles. The van der Waals surface area contributed by atoms with Gasteiger partial charge in [-0.05, 0) is 31.2 Å². The highest BCUT2D eigenvalue weighted by molar-refractivity contribution is 7.99. The van der Waals surface area contributed by atoms with Crippen LogP contribution in [-0.4, -0.2) is 9.78 Å². The second-order valence-electron chi connectivity index (χ2n) is 4.17. The fourth-order valence-corrected chi connectivity index (χ4v) is 2.69. The number of hydrogen-bond donors (Lipinski definition) is 0. The van der Waals surface area contributed by atoms with Crippen LogP contribution in [0.3, 0.4) is 0 Å². The van der Waals surface area contributed by atoms with Crippen LogP contribution >= 0.6 is 11.8 Å². The molecule has 0 saturated heterocycles. The molecule has 0 amide bonds. The molecule has 2 aromatic rings. The molecule has 7 heteroatoms. The van der Waals surface area contributed by atoms with E-state index in [1.807, 2.05) is 13.0 Å². The third-order valence-corrected chi connectivity index (χ3v) is 3.68. The van der Waals surface area contributed by atoms with Gasteiger partial charge in [-0.3, -0.25) is 4.68 Å². The van der Waals surface area contributed by atoms with Crippen LogP contribution in [0.1, 0.15) is 16.8 Å². The summed E-state index contributed by atoms with van der Waals surface area (Å²) in [4.78, 5) is 0.567. The molecule has 104 valence electrons. The van der Waals surface area contributed by atoms with E-state index >= 15 is 0 Å². The number of alkyl halides is 3. The van der Waals surface area contributed by atoms with Gasteiger partial charge in [0.05, 0.1) is 27.9 Å². The molecule has 0 atom stereocenters. The Hall–Kier alpha value is -1.94. The van der Waals surface area contributed by atoms with Gasteiger partial charge in [-0.1, -0.05) is 11.8 Å². The fraction of sp³-hybridized carbons (Fsp3) is 0.231. The molecule has 1 heterocycles. The Kier molecular flexibility index (Phi) is 3.77. The Balaban J connectivity index is 2.36. The Labute approximate surface area is 118 Å². The van der Waals surface area contributed by atoms with Gasteiger partial charge in [0.15, 0.2) is 0 Å². The van der Waals surface area contributed by atoms with Crippen molar-refractivity contribution in [1.29, 1.82) is 5.26 Å². The lowest BCUT2D eigenvalue weighted by Gasteiger charge is -2.10. The Morgan fingerprint density at radius 2 is 2.00 bits per heavy atom. The van der Waals surface area contributed by atoms with Gasteiger partial charge in [-0.15, -0.1) is 0 Å². The quantitative estimate of drug-likeness (QED) is 0.847. The summed E-state index contributed by atoms with van der Waals surface area (Å²) in [5.41, 5.74) is -0.464. The third kappa shape index (κ3) is 2.96. The van der Waals surface area contributed by atoms with E-state index in [0.717, 1.165) is 16.8 Å². The van der Waals surface area contributed by atoms with Crippen LogP contribution in [0.25, 0.3) is 0 Å². The zero-order chi connectivity index (χ0) is 14.9. The molecular formula is C13H10F3N3S. The van der Waals surface area contributed by atoms with Gasteiger partial charge in [0.25, 0.3) is 0 Å². The number of hydrogen-bond acceptors (Lipinski definition) is 3. The monoisotopic (exact) mass is 297 g/mol. The summed E-state index contributed by atoms with van der Waals surface area (Å²) in [6.45, 7) is 1.83. The summed E-state index contributed by atoms with van der Waals surface area (Å²) in [6.07, 6.45) is -4.52. The molecule has 0 aliphatic carbocycles. The summed E-state index contributed by atoms with van der Waals surface area (Å²) >= 11 is 1.27. The van der Waals surface area contributed by atoms with Crippen molar-refractivity contribution >= 4 is 11.8 Å². The zero-order valence-corrected chi connectivity index (χ0v) is 11.5. The fourth-order valence-electron chi connectivity index (χ4n) is 1.73. The second-order valence-corrected chi connectivity index (χ2v) is 5.26. The van der Waals surface area contributed by atoms with Crippen molar-refractivity contribution in [2.45, 2.75) is 23.0 Å². The highest BCUT2D eigenvalue weighted by Gasteiger charge is 2.33. The van der Waals surface area contributed by atoms with Gasteiger partial charge in [0.2, 0.25) is 0 Å². The minimum atomic E-state index is -4.52. The van der Waals surface area contributed by atoms with Crippen LogP contribution in [0.4, 0.5) is 13.2 Å². The molecule has 0 bridgehead atoms. The molecule has 1 aromatic carbocycles. The highest BCUT2D eigenvalue weighted by Crippen LogP contribution is 2.35. The average Bonchev–Trinajstić information content (AvgIpc) is 2.66. The SMILES string of the molecule is Cc1cc(Sc2ccc(C(F)(F)F)c(C#N)c2)n(C)n1. The second kappa shape index (κ2) is 5.21. The number of rotatable bonds is 2. The van der Waals surface area contributed by atoms with Crippen LogP contribution in [0.2, 0.25) is 0 Å². The van der Waals surface area contributed by atoms with Gasteiger partial charge in [-0.2, -0.15) is 23.5 Å². The lowest BCUT2D eigenvalue weighted by molar-refractivity contribution is -0.137. The van der Waals surface area contributed by atoms with E-state index < -0.39 is 11.7 Å². The first kappa shape index (κ1) is 14.5. The van der Waals surface area contributed by atoms with Crippen LogP contribution in [0.15, 0.2) is 34.2 Å². The molecule has 20 heavy (non-hydrogen) atoms. The normalized spacial score (nSPS) is 11.4. The van der Waals surface area contributed by atoms with Gasteiger partial charge in [-0.25, -0.2) is 0 Å². The predicted molar refractivity (Wildman–Crippen MR) is 68.2 cm³/mol. The van der Waals surface area contributed by atoms with Crippen LogP contribution in [0, 0.1) is 18.3 Å². The number of nitriles is 1. The van der Waals surface area contributed by atoms with E-state index in [-0.39, 0.29) is 5.56 Å². The van der Waals surface area contributed by atoms with Crippen LogP contribution < -0.4 is 0 Å². The lowest BCUT2D eigenvalue weighted by Crippen LogP contribution is -2.07. The molecular weight excluding hydrogens is 287 g/mol. The van der Waals surface area contributed by atoms with Crippen molar-refractivity contribution in [1.82, 2.24) is 9.78 Å². The van der Waals surface area contributed by atoms with E-state index in [9.17, 15) is 13.2 Å². The van der Waals surface area contributed by atoms with E-state index in [1.54, 1.807) is 17.8 Å². The van der Waals surface area contributed by atoms with E-state index in [4.69, 9.17) is 5.26 Å². The first-order valence-electron chi connectivity index (χ1n) is 5.61. The molecule has 0 N–H and O–H groups in total. The van der Waals surface area contributed by atoms with Gasteiger partial charge in [0.1, 0.15) is 0 Å². The number of nitrogens with zero attached hydrogens (tertiary/aromatic N) is 3. The first-order chi connectivity index (χ1) is 9.31. The molecule has 0 aliphatic rings. The number of benzene rings is 1. The van der Waals surface area contributed by atoms with E-state index in [0.29, 0.717) is 4.90 Å². The molecule has 0 radical (unpaired) electrons. The minimum Gasteiger partial charge on any atom is -0.262 e. The molecule has 0 spiro atoms. The van der Waals surface area contributed by atoms with Gasteiger partial charge < -0.3 is 0 Å². The van der Waals surface area contributed by atoms with Crippen molar-refractivity contribution in [2.24, 2.45) is 7.05 Å². The largest absolute Gasteiger partial charge is 0.417 e. The molecule has 0 saturated carbocycles. The smallest absolute Gasteiger partial charge is 0.262 e. The summed E-state index contributed by atoms with van der Waals surface area (Å²) in [7, 11) is 1.75. The predicted octanol–water partition coefficient (Wildman–Crippen LogP) is 3.77. The Morgan fingerprint density at radius 3 is 2.50 bits per heavy atom. The molecule has 0 fully saturated rings. The number of aryl methyl sites for hydroxylation is 2. The summed E-state index contributed by atoms with van der Waals surface area (Å²) in [5, 5.41) is 13.8. The lowest BCUT2D eigenvalue weighted by atomic mass is 10.1. The van der Waals surface area contributed by atoms with Crippen molar-refractivity contribution in [3.8, 4) is 6.07 Å². The molecule has 0 unspecified atom stereocenters. The maximum absolute atomic E-state index is 12.7. The molecule has 2 rings (SSSR count). The maximum Gasteiger partial charge on any atom is 0.417 e. The van der Waals surface area contributed by atoms with E-state index in [2.05, 4.69) is 5.10 Å². The highest BCUT2D eigenvalue weighted by atomic mass is 32.2. The van der Waals surface area contributed by atoms with Crippen molar-refractivity contribution in [3.63, 3.8) is 0 Å². The third-order valence-electron chi connectivity index (χ3n) is 2.60. The Bertz CT molecular complexity index is 683. The molecule has 1 aromatic heterocycles. The molecule has 3 nitrogen and oxygen atoms in total. The average molecular weight is 297 g/mol. The van der Waals surface area contributed by atoms with Crippen molar-refractivity contribution in [3.05, 3.63) is 41.1 Å². The topological polar surface area (TPSA) is 41.6 Å². The standard InChI is InChI=1S/C13H10F3N3S/c1-8-5-12(19(2)18-8)20-10-3-4-11(13(14,15)16)9(6-10)7-17/h3-6H,1-2H3. The minimum absolute atomic E-state index is 0.374. The van der Waals surface area contributed by atoms with Crippen LogP contribution in [-0.2, 0) is 13.2 Å². The maximum atomic E-state index is 12.7. The Morgan fingerprint density at radius 1 is 1.30 bits per heavy atom. The van der Waals surface area contributed by atoms with Gasteiger partial charge in [0, 0.05) is 11.9 Å². The number of aromatic nitrogens is 2. The summed E-state index contributed by atoms with van der Waals surface area (Å²) < 4.78 is 39.7. The van der Waals surface area contributed by atoms with Gasteiger partial charge >= 0.3 is 6.18 Å². The van der Waals surface area contributed by atoms with Crippen molar-refractivity contribution < 1.29 is 13.2 Å².